The maximum absolute atomic E-state index is 12.0. The minimum Gasteiger partial charge on any atom is -0.495 e. The van der Waals surface area contributed by atoms with Gasteiger partial charge in [-0.15, -0.1) is 0 Å². The second-order valence-electron chi connectivity index (χ2n) is 5.91. The van der Waals surface area contributed by atoms with Crippen LogP contribution < -0.4 is 15.4 Å². The average molecular weight is 401 g/mol. The van der Waals surface area contributed by atoms with Crippen molar-refractivity contribution in [1.29, 1.82) is 0 Å². The minimum atomic E-state index is -0.668. The molecule has 0 bridgehead atoms. The first kappa shape index (κ1) is 21.4. The number of anilines is 2. The summed E-state index contributed by atoms with van der Waals surface area (Å²) in [7, 11) is 1.36. The van der Waals surface area contributed by atoms with Gasteiger partial charge in [-0.1, -0.05) is 12.1 Å². The summed E-state index contributed by atoms with van der Waals surface area (Å²) < 4.78 is 9.98. The van der Waals surface area contributed by atoms with Crippen molar-refractivity contribution in [2.75, 3.05) is 24.4 Å². The Kier molecular flexibility index (Phi) is 7.24. The molecule has 0 aliphatic heterocycles. The molecule has 2 amide bonds. The predicted molar refractivity (Wildman–Crippen MR) is 104 cm³/mol. The number of benzene rings is 2. The van der Waals surface area contributed by atoms with Gasteiger partial charge in [0.2, 0.25) is 5.91 Å². The quantitative estimate of drug-likeness (QED) is 0.393. The lowest BCUT2D eigenvalue weighted by Crippen LogP contribution is -2.22. The summed E-state index contributed by atoms with van der Waals surface area (Å²) in [6.45, 7) is 0.828. The largest absolute Gasteiger partial charge is 0.495 e. The summed E-state index contributed by atoms with van der Waals surface area (Å²) in [5.74, 6) is -1.27. The molecule has 0 aromatic heterocycles. The van der Waals surface area contributed by atoms with Crippen molar-refractivity contribution in [3.63, 3.8) is 0 Å². The predicted octanol–water partition coefficient (Wildman–Crippen LogP) is 2.29. The Morgan fingerprint density at radius 2 is 1.76 bits per heavy atom. The van der Waals surface area contributed by atoms with Crippen molar-refractivity contribution >= 4 is 34.8 Å². The fraction of sp³-hybridized carbons (Fsp3) is 0.211. The number of hydrogen-bond donors (Lipinski definition) is 2. The Hall–Kier alpha value is -3.95. The molecule has 2 aromatic rings. The van der Waals surface area contributed by atoms with Crippen molar-refractivity contribution in [1.82, 2.24) is 0 Å². The highest BCUT2D eigenvalue weighted by Gasteiger charge is 2.15. The Labute approximate surface area is 166 Å². The molecule has 0 atom stereocenters. The van der Waals surface area contributed by atoms with Crippen LogP contribution in [0.15, 0.2) is 42.5 Å². The van der Waals surface area contributed by atoms with Crippen LogP contribution in [-0.4, -0.2) is 36.4 Å². The van der Waals surface area contributed by atoms with Gasteiger partial charge in [-0.2, -0.15) is 0 Å². The lowest BCUT2D eigenvalue weighted by molar-refractivity contribution is -0.384. The van der Waals surface area contributed by atoms with Gasteiger partial charge in [0.25, 0.3) is 11.6 Å². The van der Waals surface area contributed by atoms with E-state index in [9.17, 15) is 24.5 Å². The van der Waals surface area contributed by atoms with Gasteiger partial charge in [0, 0.05) is 24.7 Å². The standard InChI is InChI=1S/C19H19N3O7/c1-12(23)20-14-5-3-13(4-6-14)9-19(25)29-11-18(24)21-16-10-15(22(26)27)7-8-17(16)28-2/h3-8,10H,9,11H2,1-2H3,(H,20,23)(H,21,24). The van der Waals surface area contributed by atoms with Crippen LogP contribution in [0.4, 0.5) is 17.1 Å². The number of esters is 1. The van der Waals surface area contributed by atoms with E-state index in [0.717, 1.165) is 6.07 Å². The van der Waals surface area contributed by atoms with Crippen LogP contribution in [0.3, 0.4) is 0 Å². The van der Waals surface area contributed by atoms with Crippen molar-refractivity contribution in [2.24, 2.45) is 0 Å². The monoisotopic (exact) mass is 401 g/mol. The van der Waals surface area contributed by atoms with E-state index in [1.807, 2.05) is 0 Å². The van der Waals surface area contributed by atoms with Crippen LogP contribution >= 0.6 is 0 Å². The highest BCUT2D eigenvalue weighted by atomic mass is 16.6. The van der Waals surface area contributed by atoms with Crippen LogP contribution in [0.1, 0.15) is 12.5 Å². The number of carbonyl (C=O) groups is 3. The molecule has 0 fully saturated rings. The van der Waals surface area contributed by atoms with Crippen molar-refractivity contribution in [3.8, 4) is 5.75 Å². The van der Waals surface area contributed by atoms with E-state index in [1.165, 1.54) is 26.2 Å². The third-order valence-corrected chi connectivity index (χ3v) is 3.65. The first-order valence-electron chi connectivity index (χ1n) is 8.43. The molecule has 2 aromatic carbocycles. The van der Waals surface area contributed by atoms with Crippen LogP contribution in [-0.2, 0) is 25.5 Å². The number of nitrogens with one attached hydrogen (secondary N) is 2. The number of ether oxygens (including phenoxy) is 2. The first-order valence-corrected chi connectivity index (χ1v) is 8.43. The van der Waals surface area contributed by atoms with Gasteiger partial charge < -0.3 is 20.1 Å². The molecule has 0 aliphatic rings. The number of hydrogen-bond acceptors (Lipinski definition) is 7. The van der Waals surface area contributed by atoms with Crippen LogP contribution in [0.5, 0.6) is 5.75 Å². The molecule has 10 heteroatoms. The molecule has 29 heavy (non-hydrogen) atoms. The number of nitro groups is 1. The van der Waals surface area contributed by atoms with E-state index in [0.29, 0.717) is 11.3 Å². The normalized spacial score (nSPS) is 10.0. The SMILES string of the molecule is COc1ccc([N+](=O)[O-])cc1NC(=O)COC(=O)Cc1ccc(NC(C)=O)cc1. The number of amides is 2. The van der Waals surface area contributed by atoms with Crippen LogP contribution in [0.25, 0.3) is 0 Å². The van der Waals surface area contributed by atoms with Gasteiger partial charge in [0.15, 0.2) is 6.61 Å². The van der Waals surface area contributed by atoms with E-state index >= 15 is 0 Å². The molecule has 2 N–H and O–H groups in total. The second kappa shape index (κ2) is 9.83. The number of rotatable bonds is 8. The lowest BCUT2D eigenvalue weighted by Gasteiger charge is -2.10. The fourth-order valence-electron chi connectivity index (χ4n) is 2.37. The summed E-state index contributed by atoms with van der Waals surface area (Å²) in [6.07, 6.45) is -0.0617. The van der Waals surface area contributed by atoms with Gasteiger partial charge in [0.05, 0.1) is 24.1 Å². The van der Waals surface area contributed by atoms with Crippen molar-refractivity contribution in [2.45, 2.75) is 13.3 Å². The van der Waals surface area contributed by atoms with E-state index < -0.39 is 23.4 Å². The van der Waals surface area contributed by atoms with Crippen LogP contribution in [0, 0.1) is 10.1 Å². The summed E-state index contributed by atoms with van der Waals surface area (Å²) in [4.78, 5) is 45.2. The second-order valence-corrected chi connectivity index (χ2v) is 5.91. The Morgan fingerprint density at radius 1 is 1.07 bits per heavy atom. The summed E-state index contributed by atoms with van der Waals surface area (Å²) >= 11 is 0. The van der Waals surface area contributed by atoms with Gasteiger partial charge in [-0.05, 0) is 23.8 Å². The maximum Gasteiger partial charge on any atom is 0.310 e. The van der Waals surface area contributed by atoms with Gasteiger partial charge in [0.1, 0.15) is 5.75 Å². The highest BCUT2D eigenvalue weighted by molar-refractivity contribution is 5.94. The molecule has 152 valence electrons. The smallest absolute Gasteiger partial charge is 0.310 e. The molecule has 0 heterocycles. The number of non-ortho nitro benzene ring substituents is 1. The van der Waals surface area contributed by atoms with Gasteiger partial charge >= 0.3 is 5.97 Å². The number of methoxy groups -OCH3 is 1. The van der Waals surface area contributed by atoms with Crippen molar-refractivity contribution < 1.29 is 28.8 Å². The third-order valence-electron chi connectivity index (χ3n) is 3.65. The third kappa shape index (κ3) is 6.61. The lowest BCUT2D eigenvalue weighted by atomic mass is 10.1. The van der Waals surface area contributed by atoms with E-state index in [2.05, 4.69) is 10.6 Å². The van der Waals surface area contributed by atoms with Crippen molar-refractivity contribution in [3.05, 3.63) is 58.1 Å². The number of nitro benzene ring substituents is 1. The van der Waals surface area contributed by atoms with Gasteiger partial charge in [-0.3, -0.25) is 24.5 Å². The summed E-state index contributed by atoms with van der Waals surface area (Å²) in [5, 5.41) is 15.9. The van der Waals surface area contributed by atoms with Gasteiger partial charge in [-0.25, -0.2) is 0 Å². The topological polar surface area (TPSA) is 137 Å². The summed E-state index contributed by atoms with van der Waals surface area (Å²) in [6, 6.07) is 10.3. The first-order chi connectivity index (χ1) is 13.8. The molecule has 0 radical (unpaired) electrons. The molecule has 0 saturated heterocycles. The number of nitrogens with zero attached hydrogens (tertiary/aromatic N) is 1. The molecule has 0 saturated carbocycles. The van der Waals surface area contributed by atoms with E-state index in [1.54, 1.807) is 24.3 Å². The maximum atomic E-state index is 12.0. The molecular weight excluding hydrogens is 382 g/mol. The summed E-state index contributed by atoms with van der Waals surface area (Å²) in [5.41, 5.74) is 1.11. The minimum absolute atomic E-state index is 0.0617. The zero-order chi connectivity index (χ0) is 21.4. The molecule has 2 rings (SSSR count). The Morgan fingerprint density at radius 3 is 2.34 bits per heavy atom. The highest BCUT2D eigenvalue weighted by Crippen LogP contribution is 2.28. The number of carbonyl (C=O) groups excluding carboxylic acids is 3. The fourth-order valence-corrected chi connectivity index (χ4v) is 2.37. The molecule has 0 unspecified atom stereocenters. The Balaban J connectivity index is 1.89. The molecule has 10 nitrogen and oxygen atoms in total. The Bertz CT molecular complexity index is 926. The van der Waals surface area contributed by atoms with E-state index in [-0.39, 0.29) is 29.5 Å². The van der Waals surface area contributed by atoms with E-state index in [4.69, 9.17) is 9.47 Å². The molecule has 0 spiro atoms. The average Bonchev–Trinajstić information content (AvgIpc) is 2.67. The molecular formula is C19H19N3O7. The zero-order valence-electron chi connectivity index (χ0n) is 15.8. The van der Waals surface area contributed by atoms with Crippen LogP contribution in [0.2, 0.25) is 0 Å². The molecule has 0 aliphatic carbocycles. The zero-order valence-corrected chi connectivity index (χ0v) is 15.8.